The first kappa shape index (κ1) is 15.5. The number of rotatable bonds is 5. The average molecular weight is 300 g/mol. The van der Waals surface area contributed by atoms with Gasteiger partial charge in [-0.25, -0.2) is 0 Å². The molecule has 0 radical (unpaired) electrons. The maximum absolute atomic E-state index is 11.9. The molecule has 22 heavy (non-hydrogen) atoms. The van der Waals surface area contributed by atoms with E-state index in [0.29, 0.717) is 11.4 Å². The van der Waals surface area contributed by atoms with E-state index in [1.54, 1.807) is 19.1 Å². The van der Waals surface area contributed by atoms with Crippen molar-refractivity contribution in [1.82, 2.24) is 0 Å². The monoisotopic (exact) mass is 300 g/mol. The summed E-state index contributed by atoms with van der Waals surface area (Å²) >= 11 is 0. The molecule has 0 saturated heterocycles. The van der Waals surface area contributed by atoms with E-state index in [1.807, 2.05) is 25.1 Å². The number of hydrogen-bond donors (Lipinski definition) is 1. The van der Waals surface area contributed by atoms with E-state index in [-0.39, 0.29) is 18.2 Å². The third-order valence-electron chi connectivity index (χ3n) is 3.16. The highest BCUT2D eigenvalue weighted by molar-refractivity contribution is 5.93. The van der Waals surface area contributed by atoms with Gasteiger partial charge in [-0.05, 0) is 31.0 Å². The van der Waals surface area contributed by atoms with E-state index in [4.69, 9.17) is 4.74 Å². The molecule has 0 aliphatic heterocycles. The van der Waals surface area contributed by atoms with Crippen molar-refractivity contribution in [2.45, 2.75) is 13.8 Å². The van der Waals surface area contributed by atoms with Crippen molar-refractivity contribution >= 4 is 17.3 Å². The highest BCUT2D eigenvalue weighted by Gasteiger charge is 2.11. The van der Waals surface area contributed by atoms with Crippen molar-refractivity contribution in [2.75, 3.05) is 11.9 Å². The summed E-state index contributed by atoms with van der Waals surface area (Å²) in [5.74, 6) is 0.264. The number of amides is 1. The first-order chi connectivity index (χ1) is 10.5. The Morgan fingerprint density at radius 3 is 2.59 bits per heavy atom. The molecule has 0 aliphatic rings. The summed E-state index contributed by atoms with van der Waals surface area (Å²) < 4.78 is 5.44. The molecule has 0 atom stereocenters. The minimum absolute atomic E-state index is 0.0688. The Kier molecular flexibility index (Phi) is 4.73. The molecule has 0 aliphatic carbocycles. The van der Waals surface area contributed by atoms with E-state index in [2.05, 4.69) is 5.32 Å². The fourth-order valence-electron chi connectivity index (χ4n) is 1.91. The number of hydrogen-bond acceptors (Lipinski definition) is 4. The molecule has 0 heterocycles. The van der Waals surface area contributed by atoms with Crippen LogP contribution in [-0.4, -0.2) is 17.4 Å². The smallest absolute Gasteiger partial charge is 0.271 e. The SMILES string of the molecule is Cc1ccc([N+](=O)[O-])cc1NC(=O)COc1ccccc1C. The fraction of sp³-hybridized carbons (Fsp3) is 0.188. The minimum Gasteiger partial charge on any atom is -0.483 e. The van der Waals surface area contributed by atoms with Gasteiger partial charge in [0.25, 0.3) is 11.6 Å². The fourth-order valence-corrected chi connectivity index (χ4v) is 1.91. The Morgan fingerprint density at radius 1 is 1.18 bits per heavy atom. The third-order valence-corrected chi connectivity index (χ3v) is 3.16. The van der Waals surface area contributed by atoms with Gasteiger partial charge < -0.3 is 10.1 Å². The highest BCUT2D eigenvalue weighted by Crippen LogP contribution is 2.22. The second-order valence-corrected chi connectivity index (χ2v) is 4.86. The molecule has 0 fully saturated rings. The lowest BCUT2D eigenvalue weighted by molar-refractivity contribution is -0.384. The molecule has 2 rings (SSSR count). The molecule has 114 valence electrons. The van der Waals surface area contributed by atoms with E-state index in [0.717, 1.165) is 11.1 Å². The molecule has 1 N–H and O–H groups in total. The van der Waals surface area contributed by atoms with Crippen LogP contribution in [0.4, 0.5) is 11.4 Å². The maximum atomic E-state index is 11.9. The molecule has 0 saturated carbocycles. The Bertz CT molecular complexity index is 713. The van der Waals surface area contributed by atoms with Gasteiger partial charge in [0, 0.05) is 12.1 Å². The van der Waals surface area contributed by atoms with Gasteiger partial charge in [0.2, 0.25) is 0 Å². The minimum atomic E-state index is -0.501. The van der Waals surface area contributed by atoms with Crippen molar-refractivity contribution in [1.29, 1.82) is 0 Å². The lowest BCUT2D eigenvalue weighted by Gasteiger charge is -2.10. The Morgan fingerprint density at radius 2 is 1.91 bits per heavy atom. The summed E-state index contributed by atoms with van der Waals surface area (Å²) in [6, 6.07) is 11.7. The molecule has 0 spiro atoms. The molecule has 0 unspecified atom stereocenters. The maximum Gasteiger partial charge on any atom is 0.271 e. The van der Waals surface area contributed by atoms with Crippen molar-refractivity contribution in [3.63, 3.8) is 0 Å². The Hall–Kier alpha value is -2.89. The number of carbonyl (C=O) groups is 1. The zero-order chi connectivity index (χ0) is 16.1. The number of para-hydroxylation sites is 1. The topological polar surface area (TPSA) is 81.5 Å². The van der Waals surface area contributed by atoms with Gasteiger partial charge >= 0.3 is 0 Å². The lowest BCUT2D eigenvalue weighted by atomic mass is 10.2. The molecule has 2 aromatic carbocycles. The average Bonchev–Trinajstić information content (AvgIpc) is 2.48. The molecule has 2 aromatic rings. The number of nitro groups is 1. The number of anilines is 1. The van der Waals surface area contributed by atoms with E-state index in [9.17, 15) is 14.9 Å². The zero-order valence-electron chi connectivity index (χ0n) is 12.3. The van der Waals surface area contributed by atoms with Crippen LogP contribution in [0.5, 0.6) is 5.75 Å². The molecule has 6 heteroatoms. The van der Waals surface area contributed by atoms with Crippen LogP contribution in [-0.2, 0) is 4.79 Å². The molecular formula is C16H16N2O4. The number of benzene rings is 2. The van der Waals surface area contributed by atoms with Crippen LogP contribution in [0.1, 0.15) is 11.1 Å². The number of aryl methyl sites for hydroxylation is 2. The lowest BCUT2D eigenvalue weighted by Crippen LogP contribution is -2.21. The number of nitrogens with one attached hydrogen (secondary N) is 1. The molecule has 0 bridgehead atoms. The Balaban J connectivity index is 2.02. The predicted octanol–water partition coefficient (Wildman–Crippen LogP) is 3.23. The Labute approximate surface area is 127 Å². The van der Waals surface area contributed by atoms with Crippen LogP contribution in [0.25, 0.3) is 0 Å². The third kappa shape index (κ3) is 3.82. The summed E-state index contributed by atoms with van der Waals surface area (Å²) in [5, 5.41) is 13.4. The van der Waals surface area contributed by atoms with Gasteiger partial charge in [0.15, 0.2) is 6.61 Å². The quantitative estimate of drug-likeness (QED) is 0.679. The second-order valence-electron chi connectivity index (χ2n) is 4.86. The zero-order valence-corrected chi connectivity index (χ0v) is 12.3. The second kappa shape index (κ2) is 6.71. The van der Waals surface area contributed by atoms with Gasteiger partial charge in [0.1, 0.15) is 5.75 Å². The van der Waals surface area contributed by atoms with Crippen LogP contribution >= 0.6 is 0 Å². The number of nitrogens with zero attached hydrogens (tertiary/aromatic N) is 1. The van der Waals surface area contributed by atoms with Gasteiger partial charge in [-0.2, -0.15) is 0 Å². The number of non-ortho nitro benzene ring substituents is 1. The molecule has 1 amide bonds. The molecular weight excluding hydrogens is 284 g/mol. The molecule has 6 nitrogen and oxygen atoms in total. The van der Waals surface area contributed by atoms with Crippen LogP contribution in [0.3, 0.4) is 0 Å². The van der Waals surface area contributed by atoms with E-state index < -0.39 is 4.92 Å². The standard InChI is InChI=1S/C16H16N2O4/c1-11-7-8-13(18(20)21)9-14(11)17-16(19)10-22-15-6-4-3-5-12(15)2/h3-9H,10H2,1-2H3,(H,17,19). The largest absolute Gasteiger partial charge is 0.483 e. The van der Waals surface area contributed by atoms with Crippen LogP contribution < -0.4 is 10.1 Å². The number of nitro benzene ring substituents is 1. The van der Waals surface area contributed by atoms with Crippen molar-refractivity contribution in [2.24, 2.45) is 0 Å². The van der Waals surface area contributed by atoms with Crippen LogP contribution in [0, 0.1) is 24.0 Å². The van der Waals surface area contributed by atoms with Gasteiger partial charge in [-0.3, -0.25) is 14.9 Å². The van der Waals surface area contributed by atoms with Gasteiger partial charge in [-0.1, -0.05) is 24.3 Å². The van der Waals surface area contributed by atoms with E-state index in [1.165, 1.54) is 12.1 Å². The van der Waals surface area contributed by atoms with Gasteiger partial charge in [0.05, 0.1) is 10.6 Å². The van der Waals surface area contributed by atoms with Crippen molar-refractivity contribution in [3.8, 4) is 5.75 Å². The van der Waals surface area contributed by atoms with Crippen molar-refractivity contribution in [3.05, 3.63) is 63.7 Å². The summed E-state index contributed by atoms with van der Waals surface area (Å²) in [5.41, 5.74) is 2.02. The highest BCUT2D eigenvalue weighted by atomic mass is 16.6. The summed E-state index contributed by atoms with van der Waals surface area (Å²) in [6.07, 6.45) is 0. The van der Waals surface area contributed by atoms with Gasteiger partial charge in [-0.15, -0.1) is 0 Å². The first-order valence-electron chi connectivity index (χ1n) is 6.70. The summed E-state index contributed by atoms with van der Waals surface area (Å²) in [4.78, 5) is 22.2. The van der Waals surface area contributed by atoms with Crippen LogP contribution in [0.2, 0.25) is 0 Å². The van der Waals surface area contributed by atoms with Crippen LogP contribution in [0.15, 0.2) is 42.5 Å². The first-order valence-corrected chi connectivity index (χ1v) is 6.70. The normalized spacial score (nSPS) is 10.1. The summed E-state index contributed by atoms with van der Waals surface area (Å²) in [6.45, 7) is 3.49. The predicted molar refractivity (Wildman–Crippen MR) is 83.1 cm³/mol. The van der Waals surface area contributed by atoms with Crippen molar-refractivity contribution < 1.29 is 14.5 Å². The summed E-state index contributed by atoms with van der Waals surface area (Å²) in [7, 11) is 0. The van der Waals surface area contributed by atoms with E-state index >= 15 is 0 Å². The molecule has 0 aromatic heterocycles. The number of ether oxygens (including phenoxy) is 1. The number of carbonyl (C=O) groups excluding carboxylic acids is 1.